The minimum Gasteiger partial charge on any atom is -0.312 e. The zero-order valence-corrected chi connectivity index (χ0v) is 14.7. The van der Waals surface area contributed by atoms with E-state index in [2.05, 4.69) is 37.4 Å². The normalized spacial score (nSPS) is 12.4. The summed E-state index contributed by atoms with van der Waals surface area (Å²) in [5.41, 5.74) is 3.95. The van der Waals surface area contributed by atoms with Crippen LogP contribution in [0.15, 0.2) is 41.3 Å². The van der Waals surface area contributed by atoms with E-state index in [0.29, 0.717) is 16.1 Å². The molecule has 21 heavy (non-hydrogen) atoms. The molecule has 0 aliphatic heterocycles. The lowest BCUT2D eigenvalue weighted by atomic mass is 10.0. The summed E-state index contributed by atoms with van der Waals surface area (Å²) in [7, 11) is 2.00. The first kappa shape index (κ1) is 16.7. The van der Waals surface area contributed by atoms with Gasteiger partial charge in [-0.25, -0.2) is 0 Å². The van der Waals surface area contributed by atoms with Crippen molar-refractivity contribution in [2.24, 2.45) is 0 Å². The maximum Gasteiger partial charge on any atom is 0.0603 e. The Morgan fingerprint density at radius 2 is 1.81 bits per heavy atom. The molecule has 1 N–H and O–H groups in total. The predicted octanol–water partition coefficient (Wildman–Crippen LogP) is 5.66. The summed E-state index contributed by atoms with van der Waals surface area (Å²) in [6.45, 7) is 4.28. The molecule has 1 unspecified atom stereocenters. The quantitative estimate of drug-likeness (QED) is 0.705. The number of halogens is 2. The van der Waals surface area contributed by atoms with Crippen LogP contribution in [0.3, 0.4) is 0 Å². The molecule has 0 bridgehead atoms. The molecule has 1 atom stereocenters. The number of aryl methyl sites for hydroxylation is 2. The third-order valence-corrected chi connectivity index (χ3v) is 5.29. The third kappa shape index (κ3) is 4.40. The maximum atomic E-state index is 6.07. The molecule has 0 saturated carbocycles. The van der Waals surface area contributed by atoms with Gasteiger partial charge in [-0.3, -0.25) is 0 Å². The Bertz CT molecular complexity index is 628. The van der Waals surface area contributed by atoms with Crippen molar-refractivity contribution >= 4 is 35.0 Å². The Morgan fingerprint density at radius 1 is 1.05 bits per heavy atom. The molecule has 2 aromatic rings. The molecule has 0 radical (unpaired) electrons. The molecule has 0 amide bonds. The fourth-order valence-corrected chi connectivity index (χ4v) is 3.64. The van der Waals surface area contributed by atoms with Crippen molar-refractivity contribution in [1.29, 1.82) is 0 Å². The summed E-state index contributed by atoms with van der Waals surface area (Å²) < 4.78 is 0. The summed E-state index contributed by atoms with van der Waals surface area (Å²) in [5, 5.41) is 4.61. The minimum atomic E-state index is 0.310. The van der Waals surface area contributed by atoms with E-state index in [1.807, 2.05) is 25.2 Å². The standard InChI is InChI=1S/C17H19Cl2NS/c1-11-4-5-12(2)14(8-11)17(20-3)10-21-13-6-7-15(18)16(19)9-13/h4-9,17,20H,10H2,1-3H3. The fraction of sp³-hybridized carbons (Fsp3) is 0.294. The molecular formula is C17H19Cl2NS. The van der Waals surface area contributed by atoms with Crippen molar-refractivity contribution in [3.63, 3.8) is 0 Å². The van der Waals surface area contributed by atoms with Crippen molar-refractivity contribution in [3.8, 4) is 0 Å². The van der Waals surface area contributed by atoms with Gasteiger partial charge in [0.1, 0.15) is 0 Å². The number of nitrogens with one attached hydrogen (secondary N) is 1. The molecule has 4 heteroatoms. The second-order valence-corrected chi connectivity index (χ2v) is 7.00. The van der Waals surface area contributed by atoms with Crippen molar-refractivity contribution in [1.82, 2.24) is 5.32 Å². The van der Waals surface area contributed by atoms with Crippen LogP contribution in [0, 0.1) is 13.8 Å². The first-order chi connectivity index (χ1) is 10.0. The number of thioether (sulfide) groups is 1. The highest BCUT2D eigenvalue weighted by Crippen LogP contribution is 2.31. The zero-order valence-electron chi connectivity index (χ0n) is 12.4. The van der Waals surface area contributed by atoms with Crippen LogP contribution in [-0.2, 0) is 0 Å². The van der Waals surface area contributed by atoms with E-state index in [1.54, 1.807) is 11.8 Å². The van der Waals surface area contributed by atoms with Gasteiger partial charge in [-0.15, -0.1) is 11.8 Å². The predicted molar refractivity (Wildman–Crippen MR) is 94.9 cm³/mol. The smallest absolute Gasteiger partial charge is 0.0603 e. The van der Waals surface area contributed by atoms with E-state index < -0.39 is 0 Å². The molecule has 1 nitrogen and oxygen atoms in total. The number of hydrogen-bond donors (Lipinski definition) is 1. The summed E-state index contributed by atoms with van der Waals surface area (Å²) >= 11 is 13.8. The van der Waals surface area contributed by atoms with Crippen LogP contribution in [0.1, 0.15) is 22.7 Å². The van der Waals surface area contributed by atoms with Gasteiger partial charge in [0.15, 0.2) is 0 Å². The van der Waals surface area contributed by atoms with Crippen LogP contribution in [0.25, 0.3) is 0 Å². The van der Waals surface area contributed by atoms with Gasteiger partial charge < -0.3 is 5.32 Å². The summed E-state index contributed by atoms with van der Waals surface area (Å²) in [4.78, 5) is 1.13. The van der Waals surface area contributed by atoms with E-state index in [-0.39, 0.29) is 0 Å². The highest BCUT2D eigenvalue weighted by Gasteiger charge is 2.13. The summed E-state index contributed by atoms with van der Waals surface area (Å²) in [6, 6.07) is 12.7. The Hall–Kier alpha value is -0.670. The van der Waals surface area contributed by atoms with Crippen LogP contribution in [0.5, 0.6) is 0 Å². The van der Waals surface area contributed by atoms with Crippen molar-refractivity contribution < 1.29 is 0 Å². The van der Waals surface area contributed by atoms with Gasteiger partial charge in [0, 0.05) is 16.7 Å². The second-order valence-electron chi connectivity index (χ2n) is 5.09. The Morgan fingerprint density at radius 3 is 2.48 bits per heavy atom. The molecule has 0 fully saturated rings. The third-order valence-electron chi connectivity index (χ3n) is 3.47. The van der Waals surface area contributed by atoms with E-state index in [1.165, 1.54) is 16.7 Å². The largest absolute Gasteiger partial charge is 0.312 e. The van der Waals surface area contributed by atoms with Gasteiger partial charge in [-0.1, -0.05) is 47.0 Å². The molecule has 0 saturated heterocycles. The van der Waals surface area contributed by atoms with Gasteiger partial charge in [-0.05, 0) is 50.2 Å². The highest BCUT2D eigenvalue weighted by molar-refractivity contribution is 7.99. The average molecular weight is 340 g/mol. The summed E-state index contributed by atoms with van der Waals surface area (Å²) in [5.74, 6) is 0.943. The maximum absolute atomic E-state index is 6.07. The van der Waals surface area contributed by atoms with Gasteiger partial charge >= 0.3 is 0 Å². The van der Waals surface area contributed by atoms with Crippen LogP contribution in [-0.4, -0.2) is 12.8 Å². The molecule has 0 heterocycles. The first-order valence-corrected chi connectivity index (χ1v) is 8.57. The zero-order chi connectivity index (χ0) is 15.4. The van der Waals surface area contributed by atoms with Crippen LogP contribution < -0.4 is 5.32 Å². The molecule has 0 aromatic heterocycles. The lowest BCUT2D eigenvalue weighted by molar-refractivity contribution is 0.657. The fourth-order valence-electron chi connectivity index (χ4n) is 2.21. The topological polar surface area (TPSA) is 12.0 Å². The lowest BCUT2D eigenvalue weighted by Crippen LogP contribution is -2.19. The van der Waals surface area contributed by atoms with Crippen molar-refractivity contribution in [2.45, 2.75) is 24.8 Å². The second kappa shape index (κ2) is 7.55. The number of benzene rings is 2. The lowest BCUT2D eigenvalue weighted by Gasteiger charge is -2.19. The Balaban J connectivity index is 2.12. The van der Waals surface area contributed by atoms with Gasteiger partial charge in [0.05, 0.1) is 10.0 Å². The number of hydrogen-bond acceptors (Lipinski definition) is 2. The van der Waals surface area contributed by atoms with Crippen LogP contribution >= 0.6 is 35.0 Å². The Kier molecular flexibility index (Phi) is 6.00. The van der Waals surface area contributed by atoms with E-state index in [0.717, 1.165) is 10.6 Å². The monoisotopic (exact) mass is 339 g/mol. The molecule has 112 valence electrons. The average Bonchev–Trinajstić information content (AvgIpc) is 2.46. The van der Waals surface area contributed by atoms with E-state index in [9.17, 15) is 0 Å². The van der Waals surface area contributed by atoms with Gasteiger partial charge in [0.25, 0.3) is 0 Å². The van der Waals surface area contributed by atoms with Crippen molar-refractivity contribution in [3.05, 3.63) is 63.1 Å². The SMILES string of the molecule is CNC(CSc1ccc(Cl)c(Cl)c1)c1cc(C)ccc1C. The molecule has 2 aromatic carbocycles. The Labute approximate surface area is 141 Å². The highest BCUT2D eigenvalue weighted by atomic mass is 35.5. The van der Waals surface area contributed by atoms with E-state index in [4.69, 9.17) is 23.2 Å². The number of rotatable bonds is 5. The van der Waals surface area contributed by atoms with E-state index >= 15 is 0 Å². The van der Waals surface area contributed by atoms with Crippen LogP contribution in [0.4, 0.5) is 0 Å². The molecular weight excluding hydrogens is 321 g/mol. The van der Waals surface area contributed by atoms with Gasteiger partial charge in [-0.2, -0.15) is 0 Å². The molecule has 0 aliphatic rings. The van der Waals surface area contributed by atoms with Crippen LogP contribution in [0.2, 0.25) is 10.0 Å². The first-order valence-electron chi connectivity index (χ1n) is 6.83. The molecule has 0 aliphatic carbocycles. The molecule has 2 rings (SSSR count). The molecule has 0 spiro atoms. The van der Waals surface area contributed by atoms with Crippen molar-refractivity contribution in [2.75, 3.05) is 12.8 Å². The minimum absolute atomic E-state index is 0.310. The van der Waals surface area contributed by atoms with Gasteiger partial charge in [0.2, 0.25) is 0 Å². The summed E-state index contributed by atoms with van der Waals surface area (Å²) in [6.07, 6.45) is 0.